The van der Waals surface area contributed by atoms with Crippen LogP contribution in [-0.2, 0) is 14.3 Å². The van der Waals surface area contributed by atoms with Crippen LogP contribution in [0.15, 0.2) is 0 Å². The molecule has 0 amide bonds. The van der Waals surface area contributed by atoms with Gasteiger partial charge in [0.1, 0.15) is 12.2 Å². The van der Waals surface area contributed by atoms with E-state index in [1.165, 1.54) is 13.3 Å². The molecule has 0 unspecified atom stereocenters. The lowest BCUT2D eigenvalue weighted by atomic mass is 9.41. The van der Waals surface area contributed by atoms with Gasteiger partial charge in [0.05, 0.1) is 11.7 Å². The topological polar surface area (TPSA) is 116 Å². The molecule has 6 aliphatic rings. The lowest BCUT2D eigenvalue weighted by Gasteiger charge is -2.63. The first-order valence-corrected chi connectivity index (χ1v) is 15.5. The second-order valence-electron chi connectivity index (χ2n) is 16.4. The van der Waals surface area contributed by atoms with Crippen molar-refractivity contribution < 1.29 is 34.7 Å². The highest BCUT2D eigenvalue weighted by Gasteiger charge is 2.86. The maximum Gasteiger partial charge on any atom is 0.303 e. The van der Waals surface area contributed by atoms with Crippen molar-refractivity contribution in [2.45, 2.75) is 143 Å². The Bertz CT molecular complexity index is 1050. The van der Waals surface area contributed by atoms with E-state index in [9.17, 15) is 25.2 Å². The first-order chi connectivity index (χ1) is 17.8. The van der Waals surface area contributed by atoms with E-state index in [0.717, 1.165) is 38.5 Å². The fraction of sp³-hybridized carbons (Fsp3) is 0.969. The number of carbonyl (C=O) groups excluding carboxylic acids is 1. The van der Waals surface area contributed by atoms with Crippen LogP contribution in [0.3, 0.4) is 0 Å². The van der Waals surface area contributed by atoms with Crippen molar-refractivity contribution in [3.8, 4) is 0 Å². The van der Waals surface area contributed by atoms with Crippen LogP contribution in [-0.4, -0.2) is 62.2 Å². The Morgan fingerprint density at radius 2 is 1.62 bits per heavy atom. The molecule has 222 valence electrons. The Kier molecular flexibility index (Phi) is 5.83. The van der Waals surface area contributed by atoms with Crippen molar-refractivity contribution in [3.05, 3.63) is 0 Å². The van der Waals surface area contributed by atoms with E-state index in [0.29, 0.717) is 12.3 Å². The number of hydrogen-bond acceptors (Lipinski definition) is 7. The summed E-state index contributed by atoms with van der Waals surface area (Å²) in [4.78, 5) is 12.0. The number of carbonyl (C=O) groups is 1. The van der Waals surface area contributed by atoms with Gasteiger partial charge in [-0.05, 0) is 105 Å². The molecule has 7 heteroatoms. The first-order valence-electron chi connectivity index (χ1n) is 15.5. The standard InChI is InChI=1S/C32H52O7/c1-17-15-19(24(27(5,6)36)38-18(2)33)39-32(37)23(17)28(7)13-14-31-16-30(31)12-11-22(34)26(3,4)20(30)9-10-21(31)29(28,8)25(32)35/h17,19-25,34-37H,9-16H2,1-8H3/t17-,19-,20+,21+,22+,23-,24+,25-,28-,29-,30-,31+,32-/m1/s1. The molecule has 0 aromatic carbocycles. The molecular formula is C32H52O7. The summed E-state index contributed by atoms with van der Waals surface area (Å²) in [5, 5.41) is 46.6. The van der Waals surface area contributed by atoms with Crippen molar-refractivity contribution >= 4 is 5.97 Å². The third kappa shape index (κ3) is 3.21. The van der Waals surface area contributed by atoms with Crippen molar-refractivity contribution in [1.82, 2.24) is 0 Å². The predicted octanol–water partition coefficient (Wildman–Crippen LogP) is 4.18. The molecule has 7 nitrogen and oxygen atoms in total. The number of fused-ring (bicyclic) bond motifs is 4. The van der Waals surface area contributed by atoms with Gasteiger partial charge in [-0.25, -0.2) is 0 Å². The highest BCUT2D eigenvalue weighted by molar-refractivity contribution is 5.66. The number of aliphatic hydroxyl groups excluding tert-OH is 2. The van der Waals surface area contributed by atoms with Crippen molar-refractivity contribution in [1.29, 1.82) is 0 Å². The summed E-state index contributed by atoms with van der Waals surface area (Å²) in [6.07, 6.45) is 4.61. The fourth-order valence-electron chi connectivity index (χ4n) is 12.5. The van der Waals surface area contributed by atoms with Gasteiger partial charge in [0.15, 0.2) is 11.9 Å². The molecule has 1 aliphatic heterocycles. The largest absolute Gasteiger partial charge is 0.457 e. The number of esters is 1. The molecule has 13 atom stereocenters. The number of ether oxygens (including phenoxy) is 2. The molecule has 6 rings (SSSR count). The lowest BCUT2D eigenvalue weighted by Crippen LogP contribution is -2.61. The average Bonchev–Trinajstić information content (AvgIpc) is 3.45. The van der Waals surface area contributed by atoms with Crippen LogP contribution in [0, 0.1) is 50.7 Å². The van der Waals surface area contributed by atoms with Crippen molar-refractivity contribution in [3.63, 3.8) is 0 Å². The van der Waals surface area contributed by atoms with Crippen LogP contribution in [0.25, 0.3) is 0 Å². The van der Waals surface area contributed by atoms with E-state index in [1.54, 1.807) is 13.8 Å². The van der Waals surface area contributed by atoms with Gasteiger partial charge < -0.3 is 29.9 Å². The van der Waals surface area contributed by atoms with Crippen LogP contribution in [0.1, 0.15) is 107 Å². The van der Waals surface area contributed by atoms with Crippen LogP contribution < -0.4 is 0 Å². The minimum atomic E-state index is -1.79. The SMILES string of the molecule is CC(=O)O[C@@H]([C@H]1C[C@@H](C)[C@H]2[C@@](O)(O1)[C@H](O)[C@@]1(C)[C@@H]3CC[C@H]4C(C)(C)[C@@H](O)CC[C@@]45C[C@@]35CC[C@]21C)C(C)(C)O. The third-order valence-corrected chi connectivity index (χ3v) is 14.2. The second-order valence-corrected chi connectivity index (χ2v) is 16.4. The molecular weight excluding hydrogens is 496 g/mol. The van der Waals surface area contributed by atoms with Crippen molar-refractivity contribution in [2.24, 2.45) is 50.7 Å². The molecule has 39 heavy (non-hydrogen) atoms. The molecule has 1 saturated heterocycles. The van der Waals surface area contributed by atoms with Gasteiger partial charge in [-0.2, -0.15) is 0 Å². The van der Waals surface area contributed by atoms with E-state index in [1.807, 2.05) is 0 Å². The van der Waals surface area contributed by atoms with Crippen LogP contribution in [0.2, 0.25) is 0 Å². The minimum Gasteiger partial charge on any atom is -0.457 e. The highest BCUT2D eigenvalue weighted by atomic mass is 16.7. The van der Waals surface area contributed by atoms with E-state index in [4.69, 9.17) is 9.47 Å². The van der Waals surface area contributed by atoms with Gasteiger partial charge in [-0.1, -0.05) is 34.6 Å². The van der Waals surface area contributed by atoms with Gasteiger partial charge in [-0.3, -0.25) is 4.79 Å². The first kappa shape index (κ1) is 28.4. The number of aliphatic hydroxyl groups is 4. The maximum absolute atomic E-state index is 12.4. The summed E-state index contributed by atoms with van der Waals surface area (Å²) in [5.74, 6) is -1.82. The fourth-order valence-corrected chi connectivity index (χ4v) is 12.5. The monoisotopic (exact) mass is 548 g/mol. The Morgan fingerprint density at radius 3 is 2.23 bits per heavy atom. The molecule has 0 radical (unpaired) electrons. The summed E-state index contributed by atoms with van der Waals surface area (Å²) in [7, 11) is 0. The van der Waals surface area contributed by atoms with Gasteiger partial charge in [0, 0.05) is 18.3 Å². The second kappa shape index (κ2) is 8.00. The zero-order valence-electron chi connectivity index (χ0n) is 25.3. The van der Waals surface area contributed by atoms with E-state index >= 15 is 0 Å². The van der Waals surface area contributed by atoms with Gasteiger partial charge in [0.25, 0.3) is 0 Å². The molecule has 0 aromatic heterocycles. The Hall–Kier alpha value is -0.730. The average molecular weight is 549 g/mol. The van der Waals surface area contributed by atoms with Crippen LogP contribution in [0.5, 0.6) is 0 Å². The highest BCUT2D eigenvalue weighted by Crippen LogP contribution is 2.89. The molecule has 1 heterocycles. The minimum absolute atomic E-state index is 0.00190. The normalized spacial score (nSPS) is 56.3. The smallest absolute Gasteiger partial charge is 0.303 e. The summed E-state index contributed by atoms with van der Waals surface area (Å²) in [6.45, 7) is 15.6. The van der Waals surface area contributed by atoms with E-state index in [2.05, 4.69) is 34.6 Å². The Morgan fingerprint density at radius 1 is 1.00 bits per heavy atom. The Balaban J connectivity index is 1.38. The number of hydrogen-bond donors (Lipinski definition) is 4. The van der Waals surface area contributed by atoms with Crippen LogP contribution >= 0.6 is 0 Å². The Labute approximate surface area is 234 Å². The van der Waals surface area contributed by atoms with Gasteiger partial charge in [0.2, 0.25) is 0 Å². The maximum atomic E-state index is 12.4. The molecule has 4 N–H and O–H groups in total. The predicted molar refractivity (Wildman–Crippen MR) is 145 cm³/mol. The zero-order chi connectivity index (χ0) is 28.8. The quantitative estimate of drug-likeness (QED) is 0.391. The summed E-state index contributed by atoms with van der Waals surface area (Å²) in [5.41, 5.74) is -1.99. The van der Waals surface area contributed by atoms with Gasteiger partial charge in [-0.15, -0.1) is 0 Å². The summed E-state index contributed by atoms with van der Waals surface area (Å²) < 4.78 is 12.1. The summed E-state index contributed by atoms with van der Waals surface area (Å²) in [6, 6.07) is 0. The molecule has 0 aromatic rings. The van der Waals surface area contributed by atoms with E-state index < -0.39 is 41.1 Å². The third-order valence-electron chi connectivity index (χ3n) is 14.2. The molecule has 0 bridgehead atoms. The van der Waals surface area contributed by atoms with E-state index in [-0.39, 0.29) is 45.5 Å². The van der Waals surface area contributed by atoms with Gasteiger partial charge >= 0.3 is 5.97 Å². The zero-order valence-corrected chi connectivity index (χ0v) is 25.3. The van der Waals surface area contributed by atoms with Crippen LogP contribution in [0.4, 0.5) is 0 Å². The lowest BCUT2D eigenvalue weighted by molar-refractivity contribution is -0.342. The number of rotatable bonds is 3. The van der Waals surface area contributed by atoms with Crippen molar-refractivity contribution in [2.75, 3.05) is 0 Å². The molecule has 2 spiro atoms. The summed E-state index contributed by atoms with van der Waals surface area (Å²) >= 11 is 0. The molecule has 6 fully saturated rings. The molecule has 5 saturated carbocycles. The molecule has 5 aliphatic carbocycles.